The molecule has 0 saturated heterocycles. The summed E-state index contributed by atoms with van der Waals surface area (Å²) in [5.74, 6) is -1.10. The Morgan fingerprint density at radius 2 is 1.95 bits per heavy atom. The van der Waals surface area contributed by atoms with E-state index in [0.717, 1.165) is 19.3 Å². The van der Waals surface area contributed by atoms with Gasteiger partial charge in [0.15, 0.2) is 6.04 Å². The van der Waals surface area contributed by atoms with E-state index in [9.17, 15) is 14.7 Å². The molecule has 3 N–H and O–H groups in total. The second-order valence-electron chi connectivity index (χ2n) is 5.13. The first-order valence-corrected chi connectivity index (χ1v) is 7.09. The van der Waals surface area contributed by atoms with Gasteiger partial charge in [0.25, 0.3) is 0 Å². The molecule has 0 radical (unpaired) electrons. The topological polar surface area (TPSA) is 89.9 Å². The average molecular weight is 292 g/mol. The third-order valence-corrected chi connectivity index (χ3v) is 3.76. The Kier molecular flexibility index (Phi) is 5.16. The van der Waals surface area contributed by atoms with E-state index in [1.165, 1.54) is 4.90 Å². The van der Waals surface area contributed by atoms with Crippen molar-refractivity contribution in [3.05, 3.63) is 35.9 Å². The number of amides is 2. The van der Waals surface area contributed by atoms with Gasteiger partial charge < -0.3 is 20.4 Å². The maximum absolute atomic E-state index is 12.3. The van der Waals surface area contributed by atoms with Gasteiger partial charge in [0.1, 0.15) is 0 Å². The molecule has 6 nitrogen and oxygen atoms in total. The maximum atomic E-state index is 12.3. The molecule has 1 aromatic carbocycles. The summed E-state index contributed by atoms with van der Waals surface area (Å²) in [6.45, 7) is 0.0879. The molecular weight excluding hydrogens is 272 g/mol. The first kappa shape index (κ1) is 15.3. The number of aliphatic hydroxyl groups excluding tert-OH is 1. The van der Waals surface area contributed by atoms with Crippen LogP contribution in [0.1, 0.15) is 30.9 Å². The molecule has 114 valence electrons. The predicted molar refractivity (Wildman–Crippen MR) is 76.8 cm³/mol. The van der Waals surface area contributed by atoms with Crippen LogP contribution in [-0.4, -0.2) is 46.3 Å². The lowest BCUT2D eigenvalue weighted by Crippen LogP contribution is -2.51. The summed E-state index contributed by atoms with van der Waals surface area (Å²) in [7, 11) is 0. The standard InChI is InChI=1S/C15H20N2O4/c18-10-9-17(12-7-4-8-12)15(21)16-13(14(19)20)11-5-2-1-3-6-11/h1-3,5-6,12-13,18H,4,7-10H2,(H,16,21)(H,19,20)/t13-/m1/s1. The van der Waals surface area contributed by atoms with Crippen LogP contribution in [-0.2, 0) is 4.79 Å². The van der Waals surface area contributed by atoms with Gasteiger partial charge in [-0.1, -0.05) is 30.3 Å². The molecule has 0 heterocycles. The van der Waals surface area contributed by atoms with Gasteiger partial charge in [-0.15, -0.1) is 0 Å². The second-order valence-corrected chi connectivity index (χ2v) is 5.13. The van der Waals surface area contributed by atoms with E-state index in [0.29, 0.717) is 5.56 Å². The van der Waals surface area contributed by atoms with Gasteiger partial charge in [-0.3, -0.25) is 0 Å². The first-order chi connectivity index (χ1) is 10.1. The predicted octanol–water partition coefficient (Wildman–Crippen LogP) is 1.37. The SMILES string of the molecule is O=C(O)[C@H](NC(=O)N(CCO)C1CCC1)c1ccccc1. The molecule has 0 unspecified atom stereocenters. The highest BCUT2D eigenvalue weighted by Crippen LogP contribution is 2.25. The zero-order valence-corrected chi connectivity index (χ0v) is 11.7. The van der Waals surface area contributed by atoms with Crippen molar-refractivity contribution in [2.75, 3.05) is 13.2 Å². The number of carboxylic acid groups (broad SMARTS) is 1. The Morgan fingerprint density at radius 1 is 1.29 bits per heavy atom. The average Bonchev–Trinajstić information content (AvgIpc) is 2.42. The first-order valence-electron chi connectivity index (χ1n) is 7.09. The van der Waals surface area contributed by atoms with Crippen molar-refractivity contribution in [1.82, 2.24) is 10.2 Å². The van der Waals surface area contributed by atoms with E-state index in [-0.39, 0.29) is 19.2 Å². The third kappa shape index (κ3) is 3.72. The minimum absolute atomic E-state index is 0.0994. The summed E-state index contributed by atoms with van der Waals surface area (Å²) in [5.41, 5.74) is 0.524. The molecule has 1 fully saturated rings. The molecule has 6 heteroatoms. The normalized spacial score (nSPS) is 15.9. The fourth-order valence-electron chi connectivity index (χ4n) is 2.40. The number of hydrogen-bond acceptors (Lipinski definition) is 3. The van der Waals surface area contributed by atoms with Crippen molar-refractivity contribution >= 4 is 12.0 Å². The molecule has 1 aliphatic rings. The number of carbonyl (C=O) groups excluding carboxylic acids is 1. The quantitative estimate of drug-likeness (QED) is 0.738. The summed E-state index contributed by atoms with van der Waals surface area (Å²) >= 11 is 0. The van der Waals surface area contributed by atoms with Gasteiger partial charge in [0, 0.05) is 12.6 Å². The van der Waals surface area contributed by atoms with Crippen LogP contribution in [0.4, 0.5) is 4.79 Å². The molecule has 1 atom stereocenters. The summed E-state index contributed by atoms with van der Waals surface area (Å²) in [6.07, 6.45) is 2.86. The van der Waals surface area contributed by atoms with Crippen molar-refractivity contribution in [3.63, 3.8) is 0 Å². The van der Waals surface area contributed by atoms with Crippen molar-refractivity contribution in [1.29, 1.82) is 0 Å². The van der Waals surface area contributed by atoms with Crippen LogP contribution in [0.5, 0.6) is 0 Å². The summed E-state index contributed by atoms with van der Waals surface area (Å²) in [4.78, 5) is 25.2. The van der Waals surface area contributed by atoms with Crippen LogP contribution in [0, 0.1) is 0 Å². The van der Waals surface area contributed by atoms with E-state index >= 15 is 0 Å². The van der Waals surface area contributed by atoms with E-state index in [1.54, 1.807) is 30.3 Å². The molecule has 2 rings (SSSR count). The van der Waals surface area contributed by atoms with Crippen molar-refractivity contribution < 1.29 is 19.8 Å². The minimum Gasteiger partial charge on any atom is -0.479 e. The van der Waals surface area contributed by atoms with Gasteiger partial charge in [0.2, 0.25) is 0 Å². The summed E-state index contributed by atoms with van der Waals surface area (Å²) in [5, 5.41) is 20.9. The number of carbonyl (C=O) groups is 2. The number of benzene rings is 1. The fraction of sp³-hybridized carbons (Fsp3) is 0.467. The highest BCUT2D eigenvalue weighted by Gasteiger charge is 2.31. The molecule has 0 aromatic heterocycles. The number of rotatable bonds is 6. The molecule has 0 aliphatic heterocycles. The van der Waals surface area contributed by atoms with Gasteiger partial charge in [-0.2, -0.15) is 0 Å². The number of nitrogens with zero attached hydrogens (tertiary/aromatic N) is 1. The Balaban J connectivity index is 2.08. The number of aliphatic carboxylic acids is 1. The van der Waals surface area contributed by atoms with Gasteiger partial charge >= 0.3 is 12.0 Å². The van der Waals surface area contributed by atoms with E-state index in [4.69, 9.17) is 5.11 Å². The van der Waals surface area contributed by atoms with Crippen LogP contribution in [0.2, 0.25) is 0 Å². The summed E-state index contributed by atoms with van der Waals surface area (Å²) < 4.78 is 0. The molecule has 2 amide bonds. The van der Waals surface area contributed by atoms with Crippen molar-refractivity contribution in [2.45, 2.75) is 31.3 Å². The Bertz CT molecular complexity index is 488. The molecule has 1 aromatic rings. The third-order valence-electron chi connectivity index (χ3n) is 3.76. The molecule has 21 heavy (non-hydrogen) atoms. The highest BCUT2D eigenvalue weighted by atomic mass is 16.4. The van der Waals surface area contributed by atoms with Crippen LogP contribution < -0.4 is 5.32 Å². The molecule has 0 spiro atoms. The maximum Gasteiger partial charge on any atom is 0.330 e. The van der Waals surface area contributed by atoms with Crippen LogP contribution in [0.25, 0.3) is 0 Å². The van der Waals surface area contributed by atoms with E-state index in [1.807, 2.05) is 0 Å². The van der Waals surface area contributed by atoms with Crippen molar-refractivity contribution in [3.8, 4) is 0 Å². The lowest BCUT2D eigenvalue weighted by Gasteiger charge is -2.37. The fourth-order valence-corrected chi connectivity index (χ4v) is 2.40. The lowest BCUT2D eigenvalue weighted by atomic mass is 9.91. The smallest absolute Gasteiger partial charge is 0.330 e. The minimum atomic E-state index is -1.10. The number of urea groups is 1. The number of carboxylic acids is 1. The Morgan fingerprint density at radius 3 is 2.43 bits per heavy atom. The monoisotopic (exact) mass is 292 g/mol. The number of aliphatic hydroxyl groups is 1. The zero-order chi connectivity index (χ0) is 15.2. The van der Waals surface area contributed by atoms with Gasteiger partial charge in [-0.05, 0) is 24.8 Å². The molecular formula is C15H20N2O4. The number of nitrogens with one attached hydrogen (secondary N) is 1. The van der Waals surface area contributed by atoms with Crippen molar-refractivity contribution in [2.24, 2.45) is 0 Å². The van der Waals surface area contributed by atoms with Crippen LogP contribution >= 0.6 is 0 Å². The second kappa shape index (κ2) is 7.08. The summed E-state index contributed by atoms with van der Waals surface area (Å²) in [6, 6.07) is 7.16. The van der Waals surface area contributed by atoms with Crippen LogP contribution in [0.3, 0.4) is 0 Å². The Labute approximate surface area is 123 Å². The number of hydrogen-bond donors (Lipinski definition) is 3. The van der Waals surface area contributed by atoms with Crippen LogP contribution in [0.15, 0.2) is 30.3 Å². The Hall–Kier alpha value is -2.08. The van der Waals surface area contributed by atoms with Gasteiger partial charge in [-0.25, -0.2) is 9.59 Å². The lowest BCUT2D eigenvalue weighted by molar-refractivity contribution is -0.139. The van der Waals surface area contributed by atoms with E-state index in [2.05, 4.69) is 5.32 Å². The molecule has 0 bridgehead atoms. The largest absolute Gasteiger partial charge is 0.479 e. The van der Waals surface area contributed by atoms with Gasteiger partial charge in [0.05, 0.1) is 6.61 Å². The van der Waals surface area contributed by atoms with E-state index < -0.39 is 18.0 Å². The molecule has 1 aliphatic carbocycles. The zero-order valence-electron chi connectivity index (χ0n) is 11.7. The highest BCUT2D eigenvalue weighted by molar-refractivity contribution is 5.83. The molecule has 1 saturated carbocycles.